The van der Waals surface area contributed by atoms with Crippen LogP contribution in [0, 0.1) is 0 Å². The number of aromatic nitrogens is 2. The standard InChI is InChI=1S/C21H24N4O/c1-23-19-5-3-2-4-17(19)18-8-9-25(15-20(18)23)21-7-6-16(14-22-21)24-10-12-26-13-11-24/h2-7,14H,8-13,15H2,1H3. The lowest BCUT2D eigenvalue weighted by Crippen LogP contribution is -2.36. The summed E-state index contributed by atoms with van der Waals surface area (Å²) in [4.78, 5) is 9.51. The Balaban J connectivity index is 1.40. The van der Waals surface area contributed by atoms with Crippen LogP contribution in [0.3, 0.4) is 0 Å². The van der Waals surface area contributed by atoms with Gasteiger partial charge < -0.3 is 19.1 Å². The molecule has 1 fully saturated rings. The van der Waals surface area contributed by atoms with Crippen molar-refractivity contribution in [3.05, 3.63) is 53.9 Å². The van der Waals surface area contributed by atoms with Crippen molar-refractivity contribution in [2.75, 3.05) is 42.6 Å². The van der Waals surface area contributed by atoms with Crippen molar-refractivity contribution in [3.63, 3.8) is 0 Å². The molecule has 1 aromatic carbocycles. The molecule has 0 bridgehead atoms. The number of anilines is 2. The molecule has 0 saturated carbocycles. The van der Waals surface area contributed by atoms with Crippen LogP contribution in [0.4, 0.5) is 11.5 Å². The van der Waals surface area contributed by atoms with E-state index in [4.69, 9.17) is 9.72 Å². The third kappa shape index (κ3) is 2.54. The Hall–Kier alpha value is -2.53. The van der Waals surface area contributed by atoms with Gasteiger partial charge in [0.2, 0.25) is 0 Å². The van der Waals surface area contributed by atoms with Crippen molar-refractivity contribution in [1.82, 2.24) is 9.55 Å². The molecule has 2 aromatic heterocycles. The average molecular weight is 348 g/mol. The predicted molar refractivity (Wildman–Crippen MR) is 105 cm³/mol. The first kappa shape index (κ1) is 15.7. The molecule has 0 radical (unpaired) electrons. The smallest absolute Gasteiger partial charge is 0.128 e. The van der Waals surface area contributed by atoms with Crippen LogP contribution in [0.2, 0.25) is 0 Å². The zero-order valence-electron chi connectivity index (χ0n) is 15.2. The number of fused-ring (bicyclic) bond motifs is 3. The lowest BCUT2D eigenvalue weighted by atomic mass is 10.0. The maximum Gasteiger partial charge on any atom is 0.128 e. The van der Waals surface area contributed by atoms with Crippen LogP contribution in [-0.4, -0.2) is 42.4 Å². The fraction of sp³-hybridized carbons (Fsp3) is 0.381. The first-order valence-corrected chi connectivity index (χ1v) is 9.40. The number of hydrogen-bond donors (Lipinski definition) is 0. The van der Waals surface area contributed by atoms with Gasteiger partial charge in [-0.05, 0) is 30.2 Å². The molecular weight excluding hydrogens is 324 g/mol. The first-order chi connectivity index (χ1) is 12.8. The number of nitrogens with zero attached hydrogens (tertiary/aromatic N) is 4. The summed E-state index contributed by atoms with van der Waals surface area (Å²) in [7, 11) is 2.18. The van der Waals surface area contributed by atoms with Gasteiger partial charge in [0, 0.05) is 43.3 Å². The Bertz CT molecular complexity index is 925. The third-order valence-electron chi connectivity index (χ3n) is 5.75. The van der Waals surface area contributed by atoms with Gasteiger partial charge in [0.15, 0.2) is 0 Å². The molecule has 134 valence electrons. The molecule has 0 N–H and O–H groups in total. The first-order valence-electron chi connectivity index (χ1n) is 9.40. The molecule has 5 nitrogen and oxygen atoms in total. The van der Waals surface area contributed by atoms with E-state index in [2.05, 4.69) is 57.8 Å². The van der Waals surface area contributed by atoms with Crippen LogP contribution in [0.15, 0.2) is 42.6 Å². The maximum atomic E-state index is 5.44. The van der Waals surface area contributed by atoms with Crippen LogP contribution in [0.1, 0.15) is 11.3 Å². The summed E-state index contributed by atoms with van der Waals surface area (Å²) in [5.74, 6) is 1.07. The maximum absolute atomic E-state index is 5.44. The normalized spacial score (nSPS) is 17.6. The number of ether oxygens (including phenoxy) is 1. The van der Waals surface area contributed by atoms with E-state index in [1.165, 1.54) is 27.8 Å². The summed E-state index contributed by atoms with van der Waals surface area (Å²) in [6, 6.07) is 13.1. The number of aryl methyl sites for hydroxylation is 1. The summed E-state index contributed by atoms with van der Waals surface area (Å²) in [6.07, 6.45) is 3.08. The van der Waals surface area contributed by atoms with E-state index >= 15 is 0 Å². The van der Waals surface area contributed by atoms with Crippen molar-refractivity contribution in [3.8, 4) is 0 Å². The Morgan fingerprint density at radius 1 is 0.962 bits per heavy atom. The largest absolute Gasteiger partial charge is 0.378 e. The molecule has 0 aliphatic carbocycles. The number of hydrogen-bond acceptors (Lipinski definition) is 4. The zero-order chi connectivity index (χ0) is 17.5. The van der Waals surface area contributed by atoms with Crippen molar-refractivity contribution < 1.29 is 4.74 Å². The van der Waals surface area contributed by atoms with Gasteiger partial charge in [0.1, 0.15) is 5.82 Å². The van der Waals surface area contributed by atoms with Gasteiger partial charge in [-0.3, -0.25) is 0 Å². The highest BCUT2D eigenvalue weighted by Crippen LogP contribution is 2.31. The number of morpholine rings is 1. The zero-order valence-corrected chi connectivity index (χ0v) is 15.2. The molecule has 2 aliphatic rings. The Morgan fingerprint density at radius 3 is 2.62 bits per heavy atom. The van der Waals surface area contributed by atoms with E-state index in [0.717, 1.165) is 51.6 Å². The van der Waals surface area contributed by atoms with Crippen molar-refractivity contribution in [2.24, 2.45) is 7.05 Å². The van der Waals surface area contributed by atoms with Gasteiger partial charge >= 0.3 is 0 Å². The molecule has 0 spiro atoms. The quantitative estimate of drug-likeness (QED) is 0.713. The SMILES string of the molecule is Cn1c2c(c3ccccc31)CCN(c1ccc(N3CCOCC3)cn1)C2. The lowest BCUT2D eigenvalue weighted by Gasteiger charge is -2.31. The molecule has 0 atom stereocenters. The summed E-state index contributed by atoms with van der Waals surface area (Å²) >= 11 is 0. The fourth-order valence-corrected chi connectivity index (χ4v) is 4.28. The van der Waals surface area contributed by atoms with Gasteiger partial charge in [-0.25, -0.2) is 4.98 Å². The number of rotatable bonds is 2. The average Bonchev–Trinajstić information content (AvgIpc) is 3.01. The molecule has 26 heavy (non-hydrogen) atoms. The van der Waals surface area contributed by atoms with Gasteiger partial charge in [-0.15, -0.1) is 0 Å². The van der Waals surface area contributed by atoms with E-state index in [1.54, 1.807) is 0 Å². The molecule has 2 aliphatic heterocycles. The number of benzene rings is 1. The Labute approximate surface area is 153 Å². The van der Waals surface area contributed by atoms with E-state index in [9.17, 15) is 0 Å². The summed E-state index contributed by atoms with van der Waals surface area (Å²) < 4.78 is 7.78. The topological polar surface area (TPSA) is 33.5 Å². The highest BCUT2D eigenvalue weighted by molar-refractivity contribution is 5.86. The molecule has 0 unspecified atom stereocenters. The minimum Gasteiger partial charge on any atom is -0.378 e. The molecule has 5 heteroatoms. The molecule has 4 heterocycles. The molecule has 5 rings (SSSR count). The molecular formula is C21H24N4O. The molecule has 0 amide bonds. The highest BCUT2D eigenvalue weighted by Gasteiger charge is 2.23. The molecule has 3 aromatic rings. The lowest BCUT2D eigenvalue weighted by molar-refractivity contribution is 0.122. The summed E-state index contributed by atoms with van der Waals surface area (Å²) in [5.41, 5.74) is 5.44. The van der Waals surface area contributed by atoms with E-state index in [1.807, 2.05) is 6.20 Å². The fourth-order valence-electron chi connectivity index (χ4n) is 4.28. The van der Waals surface area contributed by atoms with E-state index in [0.29, 0.717) is 0 Å². The van der Waals surface area contributed by atoms with Gasteiger partial charge in [-0.2, -0.15) is 0 Å². The molecule has 1 saturated heterocycles. The van der Waals surface area contributed by atoms with E-state index < -0.39 is 0 Å². The van der Waals surface area contributed by atoms with Crippen LogP contribution >= 0.6 is 0 Å². The number of para-hydroxylation sites is 1. The van der Waals surface area contributed by atoms with Crippen LogP contribution in [-0.2, 0) is 24.8 Å². The predicted octanol–water partition coefficient (Wildman–Crippen LogP) is 2.97. The van der Waals surface area contributed by atoms with Crippen LogP contribution in [0.25, 0.3) is 10.9 Å². The minimum absolute atomic E-state index is 0.803. The van der Waals surface area contributed by atoms with Crippen LogP contribution < -0.4 is 9.80 Å². The summed E-state index contributed by atoms with van der Waals surface area (Å²) in [5, 5.41) is 1.40. The van der Waals surface area contributed by atoms with Crippen molar-refractivity contribution >= 4 is 22.4 Å². The van der Waals surface area contributed by atoms with Crippen molar-refractivity contribution in [2.45, 2.75) is 13.0 Å². The van der Waals surface area contributed by atoms with Crippen molar-refractivity contribution in [1.29, 1.82) is 0 Å². The number of pyridine rings is 1. The van der Waals surface area contributed by atoms with E-state index in [-0.39, 0.29) is 0 Å². The monoisotopic (exact) mass is 348 g/mol. The minimum atomic E-state index is 0.803. The Morgan fingerprint density at radius 2 is 1.81 bits per heavy atom. The second-order valence-electron chi connectivity index (χ2n) is 7.15. The van der Waals surface area contributed by atoms with Crippen LogP contribution in [0.5, 0.6) is 0 Å². The van der Waals surface area contributed by atoms with Gasteiger partial charge in [-0.1, -0.05) is 18.2 Å². The third-order valence-corrected chi connectivity index (χ3v) is 5.75. The Kier molecular flexibility index (Phi) is 3.82. The second-order valence-corrected chi connectivity index (χ2v) is 7.15. The van der Waals surface area contributed by atoms with Gasteiger partial charge in [0.05, 0.1) is 31.6 Å². The summed E-state index contributed by atoms with van der Waals surface area (Å²) in [6.45, 7) is 5.44. The highest BCUT2D eigenvalue weighted by atomic mass is 16.5. The second kappa shape index (κ2) is 6.32. The van der Waals surface area contributed by atoms with Gasteiger partial charge in [0.25, 0.3) is 0 Å².